The van der Waals surface area contributed by atoms with Gasteiger partial charge in [0.2, 0.25) is 0 Å². The van der Waals surface area contributed by atoms with E-state index in [-0.39, 0.29) is 16.5 Å². The van der Waals surface area contributed by atoms with Crippen LogP contribution in [0.25, 0.3) is 0 Å². The molecule has 0 bridgehead atoms. The summed E-state index contributed by atoms with van der Waals surface area (Å²) in [6, 6.07) is 0. The van der Waals surface area contributed by atoms with Gasteiger partial charge in [-0.05, 0) is 31.9 Å². The quantitative estimate of drug-likeness (QED) is 0.693. The molecule has 0 aromatic heterocycles. The highest BCUT2D eigenvalue weighted by atomic mass is 28.3. The fourth-order valence-corrected chi connectivity index (χ4v) is 4.58. The van der Waals surface area contributed by atoms with E-state index in [1.165, 1.54) is 11.0 Å². The highest BCUT2D eigenvalue weighted by Gasteiger charge is 2.51. The van der Waals surface area contributed by atoms with Crippen LogP contribution >= 0.6 is 0 Å². The minimum Gasteiger partial charge on any atom is -0.443 e. The molecule has 1 aliphatic heterocycles. The van der Waals surface area contributed by atoms with Crippen LogP contribution in [0.2, 0.25) is 18.1 Å². The molecule has 0 fully saturated rings. The molecule has 0 N–H and O–H groups in total. The molecule has 0 aromatic rings. The van der Waals surface area contributed by atoms with Crippen molar-refractivity contribution in [1.29, 1.82) is 0 Å². The zero-order chi connectivity index (χ0) is 15.9. The Morgan fingerprint density at radius 1 is 1.20 bits per heavy atom. The molecule has 1 atom stereocenters. The first-order valence-corrected chi connectivity index (χ1v) is 10.1. The van der Waals surface area contributed by atoms with Gasteiger partial charge < -0.3 is 4.74 Å². The second-order valence-corrected chi connectivity index (χ2v) is 13.5. The van der Waals surface area contributed by atoms with Crippen molar-refractivity contribution in [2.24, 2.45) is 0 Å². The Bertz CT molecular complexity index is 441. The van der Waals surface area contributed by atoms with Crippen LogP contribution in [0, 0.1) is 0 Å². The standard InChI is InChI=1S/C15H27NO3Si/c1-14(2,3)19-13(18)16-10-9-11(17)12(16)20(7,8)15(4,5)6/h9-10,12H,1-8H3. The Balaban J connectivity index is 3.06. The van der Waals surface area contributed by atoms with E-state index >= 15 is 0 Å². The smallest absolute Gasteiger partial charge is 0.414 e. The van der Waals surface area contributed by atoms with Crippen molar-refractivity contribution >= 4 is 20.0 Å². The fourth-order valence-electron chi connectivity index (χ4n) is 2.06. The molecule has 1 rings (SSSR count). The number of nitrogens with zero attached hydrogens (tertiary/aromatic N) is 1. The van der Waals surface area contributed by atoms with E-state index in [0.29, 0.717) is 0 Å². The molecule has 0 aromatic carbocycles. The first-order valence-electron chi connectivity index (χ1n) is 7.01. The predicted octanol–water partition coefficient (Wildman–Crippen LogP) is 3.74. The van der Waals surface area contributed by atoms with E-state index in [4.69, 9.17) is 4.74 Å². The third kappa shape index (κ3) is 3.31. The lowest BCUT2D eigenvalue weighted by molar-refractivity contribution is -0.115. The molecule has 5 heteroatoms. The monoisotopic (exact) mass is 297 g/mol. The summed E-state index contributed by atoms with van der Waals surface area (Å²) < 4.78 is 5.41. The fraction of sp³-hybridized carbons (Fsp3) is 0.733. The van der Waals surface area contributed by atoms with Crippen molar-refractivity contribution in [2.45, 2.75) is 70.9 Å². The molecule has 114 valence electrons. The lowest BCUT2D eigenvalue weighted by atomic mass is 10.2. The van der Waals surface area contributed by atoms with Crippen molar-refractivity contribution in [1.82, 2.24) is 4.90 Å². The van der Waals surface area contributed by atoms with Gasteiger partial charge in [0.1, 0.15) is 5.60 Å². The summed E-state index contributed by atoms with van der Waals surface area (Å²) in [5.74, 6) is 0.0162. The molecule has 1 heterocycles. The summed E-state index contributed by atoms with van der Waals surface area (Å²) in [5.41, 5.74) is -0.938. The zero-order valence-corrected chi connectivity index (χ0v) is 14.9. The van der Waals surface area contributed by atoms with Crippen LogP contribution in [-0.4, -0.2) is 36.1 Å². The number of amides is 1. The van der Waals surface area contributed by atoms with Gasteiger partial charge in [0, 0.05) is 6.20 Å². The number of ketones is 1. The van der Waals surface area contributed by atoms with Gasteiger partial charge in [-0.15, -0.1) is 0 Å². The van der Waals surface area contributed by atoms with Crippen LogP contribution in [0.5, 0.6) is 0 Å². The Kier molecular flexibility index (Phi) is 4.26. The minimum atomic E-state index is -2.02. The van der Waals surface area contributed by atoms with Crippen LogP contribution < -0.4 is 0 Å². The Morgan fingerprint density at radius 3 is 2.10 bits per heavy atom. The molecule has 20 heavy (non-hydrogen) atoms. The molecule has 0 aliphatic carbocycles. The first kappa shape index (κ1) is 16.9. The second kappa shape index (κ2) is 5.02. The summed E-state index contributed by atoms with van der Waals surface area (Å²) in [7, 11) is -2.02. The van der Waals surface area contributed by atoms with Crippen LogP contribution in [0.3, 0.4) is 0 Å². The molecular weight excluding hydrogens is 270 g/mol. The van der Waals surface area contributed by atoms with Crippen LogP contribution in [0.4, 0.5) is 4.79 Å². The van der Waals surface area contributed by atoms with Gasteiger partial charge in [0.15, 0.2) is 5.78 Å². The average Bonchev–Trinajstić information content (AvgIpc) is 2.56. The van der Waals surface area contributed by atoms with Gasteiger partial charge in [-0.2, -0.15) is 0 Å². The van der Waals surface area contributed by atoms with Crippen molar-refractivity contribution in [2.75, 3.05) is 0 Å². The number of carbonyl (C=O) groups excluding carboxylic acids is 2. The molecule has 0 saturated heterocycles. The van der Waals surface area contributed by atoms with Gasteiger partial charge in [-0.1, -0.05) is 33.9 Å². The predicted molar refractivity (Wildman–Crippen MR) is 83.2 cm³/mol. The number of ether oxygens (including phenoxy) is 1. The van der Waals surface area contributed by atoms with Crippen LogP contribution in [-0.2, 0) is 9.53 Å². The maximum atomic E-state index is 12.3. The maximum absolute atomic E-state index is 12.3. The lowest BCUT2D eigenvalue weighted by Gasteiger charge is -2.43. The normalized spacial score (nSPS) is 20.5. The first-order chi connectivity index (χ1) is 8.77. The van der Waals surface area contributed by atoms with E-state index in [1.807, 2.05) is 20.8 Å². The summed E-state index contributed by atoms with van der Waals surface area (Å²) in [5, 5.41) is 0.0135. The average molecular weight is 297 g/mol. The molecule has 1 amide bonds. The summed E-state index contributed by atoms with van der Waals surface area (Å²) in [6.45, 7) is 16.2. The molecule has 0 spiro atoms. The van der Waals surface area contributed by atoms with Gasteiger partial charge >= 0.3 is 6.09 Å². The SMILES string of the molecule is CC(C)(C)OC(=O)N1C=CC(=O)C1[Si](C)(C)C(C)(C)C. The molecule has 1 unspecified atom stereocenters. The van der Waals surface area contributed by atoms with Crippen molar-refractivity contribution < 1.29 is 14.3 Å². The topological polar surface area (TPSA) is 46.6 Å². The van der Waals surface area contributed by atoms with Gasteiger partial charge in [-0.25, -0.2) is 4.79 Å². The lowest BCUT2D eigenvalue weighted by Crippen LogP contribution is -2.59. The van der Waals surface area contributed by atoms with Gasteiger partial charge in [0.05, 0.1) is 13.7 Å². The van der Waals surface area contributed by atoms with Crippen molar-refractivity contribution in [3.05, 3.63) is 12.3 Å². The largest absolute Gasteiger partial charge is 0.443 e. The number of hydrogen-bond acceptors (Lipinski definition) is 3. The Morgan fingerprint density at radius 2 is 1.70 bits per heavy atom. The second-order valence-electron chi connectivity index (χ2n) is 7.98. The number of hydrogen-bond donors (Lipinski definition) is 0. The van der Waals surface area contributed by atoms with Gasteiger partial charge in [-0.3, -0.25) is 9.69 Å². The summed E-state index contributed by atoms with van der Waals surface area (Å²) in [6.07, 6.45) is 2.63. The van der Waals surface area contributed by atoms with Crippen LogP contribution in [0.1, 0.15) is 41.5 Å². The highest BCUT2D eigenvalue weighted by molar-refractivity contribution is 6.85. The highest BCUT2D eigenvalue weighted by Crippen LogP contribution is 2.41. The van der Waals surface area contributed by atoms with E-state index < -0.39 is 19.8 Å². The van der Waals surface area contributed by atoms with E-state index in [9.17, 15) is 9.59 Å². The zero-order valence-electron chi connectivity index (χ0n) is 13.9. The summed E-state index contributed by atoms with van der Waals surface area (Å²) >= 11 is 0. The van der Waals surface area contributed by atoms with Crippen molar-refractivity contribution in [3.63, 3.8) is 0 Å². The van der Waals surface area contributed by atoms with E-state index in [0.717, 1.165) is 0 Å². The van der Waals surface area contributed by atoms with E-state index in [1.54, 1.807) is 6.20 Å². The molecule has 4 nitrogen and oxygen atoms in total. The Labute approximate surface area is 123 Å². The maximum Gasteiger partial charge on any atom is 0.414 e. The molecular formula is C15H27NO3Si. The third-order valence-electron chi connectivity index (χ3n) is 4.17. The van der Waals surface area contributed by atoms with Crippen molar-refractivity contribution in [3.8, 4) is 0 Å². The molecule has 1 aliphatic rings. The summed E-state index contributed by atoms with van der Waals surface area (Å²) in [4.78, 5) is 26.1. The van der Waals surface area contributed by atoms with Gasteiger partial charge in [0.25, 0.3) is 0 Å². The minimum absolute atomic E-state index is 0.0135. The van der Waals surface area contributed by atoms with E-state index in [2.05, 4.69) is 33.9 Å². The third-order valence-corrected chi connectivity index (χ3v) is 9.96. The number of rotatable bonds is 1. The number of carbonyl (C=O) groups is 2. The molecule has 0 radical (unpaired) electrons. The van der Waals surface area contributed by atoms with Crippen LogP contribution in [0.15, 0.2) is 12.3 Å². The molecule has 0 saturated carbocycles. The Hall–Kier alpha value is -1.10.